The Morgan fingerprint density at radius 1 is 1.09 bits per heavy atom. The van der Waals surface area contributed by atoms with E-state index in [-0.39, 0.29) is 11.9 Å². The summed E-state index contributed by atoms with van der Waals surface area (Å²) in [6.07, 6.45) is 6.31. The number of nitrogens with zero attached hydrogens (tertiary/aromatic N) is 4. The van der Waals surface area contributed by atoms with Crippen molar-refractivity contribution in [3.05, 3.63) is 66.4 Å². The molecule has 0 saturated carbocycles. The summed E-state index contributed by atoms with van der Waals surface area (Å²) in [6.45, 7) is 5.06. The van der Waals surface area contributed by atoms with Gasteiger partial charge in [0.05, 0.1) is 18.4 Å². The van der Waals surface area contributed by atoms with Crippen LogP contribution in [-0.2, 0) is 4.74 Å². The Labute approximate surface area is 203 Å². The topological polar surface area (TPSA) is 89.2 Å². The highest BCUT2D eigenvalue weighted by Gasteiger charge is 2.33. The molecule has 2 atom stereocenters. The highest BCUT2D eigenvalue weighted by Crippen LogP contribution is 2.40. The highest BCUT2D eigenvalue weighted by molar-refractivity contribution is 6.00. The van der Waals surface area contributed by atoms with Gasteiger partial charge in [-0.25, -0.2) is 19.3 Å². The molecular weight excluding hydrogens is 443 g/mol. The number of rotatable bonds is 3. The van der Waals surface area contributed by atoms with E-state index in [2.05, 4.69) is 31.2 Å². The Hall–Kier alpha value is -3.62. The summed E-state index contributed by atoms with van der Waals surface area (Å²) in [7, 11) is 0. The molecule has 3 aromatic heterocycles. The summed E-state index contributed by atoms with van der Waals surface area (Å²) >= 11 is 0. The van der Waals surface area contributed by atoms with Gasteiger partial charge in [0.1, 0.15) is 11.6 Å². The number of hydrogen-bond donors (Lipinski definition) is 2. The number of aromatic nitrogens is 3. The van der Waals surface area contributed by atoms with Crippen LogP contribution in [0.1, 0.15) is 12.0 Å². The molecule has 6 rings (SSSR count). The Morgan fingerprint density at radius 3 is 2.83 bits per heavy atom. The minimum atomic E-state index is -0.264. The van der Waals surface area contributed by atoms with Crippen LogP contribution in [0.5, 0.6) is 0 Å². The molecule has 178 valence electrons. The Balaban J connectivity index is 1.55. The van der Waals surface area contributed by atoms with Crippen molar-refractivity contribution >= 4 is 22.5 Å². The molecule has 0 spiro atoms. The summed E-state index contributed by atoms with van der Waals surface area (Å²) in [6, 6.07) is 11.3. The van der Waals surface area contributed by atoms with Gasteiger partial charge in [0.25, 0.3) is 0 Å². The molecule has 0 amide bonds. The number of nitrogens with two attached hydrogens (primary N) is 1. The van der Waals surface area contributed by atoms with Gasteiger partial charge in [-0.15, -0.1) is 0 Å². The fourth-order valence-electron chi connectivity index (χ4n) is 5.30. The van der Waals surface area contributed by atoms with E-state index in [9.17, 15) is 4.39 Å². The molecule has 7 nitrogen and oxygen atoms in total. The Bertz CT molecular complexity index is 1390. The van der Waals surface area contributed by atoms with E-state index in [4.69, 9.17) is 10.5 Å². The maximum atomic E-state index is 14.5. The number of aryl methyl sites for hydroxylation is 1. The van der Waals surface area contributed by atoms with Crippen molar-refractivity contribution < 1.29 is 9.13 Å². The molecule has 2 fully saturated rings. The van der Waals surface area contributed by atoms with Crippen LogP contribution in [-0.4, -0.2) is 53.3 Å². The van der Waals surface area contributed by atoms with E-state index >= 15 is 0 Å². The lowest BCUT2D eigenvalue weighted by molar-refractivity contribution is -0.00896. The van der Waals surface area contributed by atoms with Crippen LogP contribution >= 0.6 is 0 Å². The van der Waals surface area contributed by atoms with E-state index < -0.39 is 0 Å². The number of morpholine rings is 1. The number of nitrogen functional groups attached to an aromatic ring is 1. The molecule has 0 aliphatic carbocycles. The Morgan fingerprint density at radius 2 is 1.97 bits per heavy atom. The molecule has 3 N–H and O–H groups in total. The lowest BCUT2D eigenvalue weighted by Crippen LogP contribution is -2.57. The van der Waals surface area contributed by atoms with E-state index in [1.807, 2.05) is 31.3 Å². The molecule has 35 heavy (non-hydrogen) atoms. The first-order chi connectivity index (χ1) is 17.1. The molecular formula is C27H27FN6O. The summed E-state index contributed by atoms with van der Waals surface area (Å²) in [4.78, 5) is 15.9. The molecule has 4 aromatic rings. The van der Waals surface area contributed by atoms with E-state index in [1.54, 1.807) is 18.5 Å². The predicted molar refractivity (Wildman–Crippen MR) is 136 cm³/mol. The number of piperidine rings is 1. The maximum Gasteiger partial charge on any atom is 0.161 e. The second-order valence-corrected chi connectivity index (χ2v) is 9.27. The number of fused-ring (bicyclic) bond motifs is 2. The van der Waals surface area contributed by atoms with Crippen molar-refractivity contribution in [2.75, 3.05) is 36.9 Å². The zero-order valence-electron chi connectivity index (χ0n) is 19.5. The van der Waals surface area contributed by atoms with Crippen LogP contribution in [0.25, 0.3) is 33.3 Å². The van der Waals surface area contributed by atoms with Gasteiger partial charge in [-0.3, -0.25) is 0 Å². The third kappa shape index (κ3) is 4.09. The lowest BCUT2D eigenvalue weighted by atomic mass is 9.95. The minimum absolute atomic E-state index is 0.0907. The van der Waals surface area contributed by atoms with Gasteiger partial charge in [0.2, 0.25) is 0 Å². The molecule has 2 aliphatic heterocycles. The number of pyridine rings is 3. The van der Waals surface area contributed by atoms with Gasteiger partial charge in [-0.05, 0) is 54.8 Å². The van der Waals surface area contributed by atoms with Crippen molar-refractivity contribution in [1.82, 2.24) is 20.3 Å². The van der Waals surface area contributed by atoms with E-state index in [0.717, 1.165) is 64.9 Å². The number of benzene rings is 1. The highest BCUT2D eigenvalue weighted by atomic mass is 19.1. The summed E-state index contributed by atoms with van der Waals surface area (Å²) in [5.74, 6) is 0.183. The van der Waals surface area contributed by atoms with E-state index in [1.165, 1.54) is 6.07 Å². The van der Waals surface area contributed by atoms with Crippen molar-refractivity contribution in [2.45, 2.75) is 25.5 Å². The molecule has 0 radical (unpaired) electrons. The van der Waals surface area contributed by atoms with Gasteiger partial charge < -0.3 is 20.7 Å². The zero-order chi connectivity index (χ0) is 23.9. The molecule has 2 aliphatic rings. The SMILES string of the molecule is Cc1cc(F)cc(-c2cnc3ncc(-c4cccnc4N)cc3c2N2CC[C@@H]3NCCO[C@H]3C2)c1. The minimum Gasteiger partial charge on any atom is -0.383 e. The van der Waals surface area contributed by atoms with Crippen LogP contribution in [0.4, 0.5) is 15.9 Å². The standard InChI is InChI=1S/C27H27FN6O/c1-16-9-17(11-19(28)10-16)22-14-33-27-21(12-18(13-32-27)20-3-2-5-31-26(20)29)25(22)34-7-4-23-24(15-34)35-8-6-30-23/h2-3,5,9-14,23-24,30H,4,6-8,15H2,1H3,(H2,29,31)/t23-,24-/m0/s1. The number of halogens is 1. The third-order valence-corrected chi connectivity index (χ3v) is 6.91. The number of nitrogens with one attached hydrogen (secondary N) is 1. The molecule has 0 unspecified atom stereocenters. The largest absolute Gasteiger partial charge is 0.383 e. The van der Waals surface area contributed by atoms with Crippen LogP contribution in [0, 0.1) is 12.7 Å². The average molecular weight is 471 g/mol. The van der Waals surface area contributed by atoms with Crippen LogP contribution in [0.2, 0.25) is 0 Å². The monoisotopic (exact) mass is 470 g/mol. The molecule has 5 heterocycles. The second-order valence-electron chi connectivity index (χ2n) is 9.27. The maximum absolute atomic E-state index is 14.5. The summed E-state index contributed by atoms with van der Waals surface area (Å²) in [5.41, 5.74) is 12.0. The molecule has 0 bridgehead atoms. The quantitative estimate of drug-likeness (QED) is 0.469. The number of anilines is 2. The fourth-order valence-corrected chi connectivity index (χ4v) is 5.30. The van der Waals surface area contributed by atoms with Crippen LogP contribution < -0.4 is 16.0 Å². The number of hydrogen-bond acceptors (Lipinski definition) is 7. The van der Waals surface area contributed by atoms with Crippen molar-refractivity contribution in [3.63, 3.8) is 0 Å². The smallest absolute Gasteiger partial charge is 0.161 e. The van der Waals surface area contributed by atoms with Gasteiger partial charge >= 0.3 is 0 Å². The molecule has 8 heteroatoms. The van der Waals surface area contributed by atoms with Gasteiger partial charge in [0.15, 0.2) is 5.65 Å². The van der Waals surface area contributed by atoms with Gasteiger partial charge in [-0.2, -0.15) is 0 Å². The van der Waals surface area contributed by atoms with Crippen LogP contribution in [0.15, 0.2) is 55.0 Å². The average Bonchev–Trinajstić information content (AvgIpc) is 2.87. The number of ether oxygens (including phenoxy) is 1. The third-order valence-electron chi connectivity index (χ3n) is 6.91. The lowest BCUT2D eigenvalue weighted by Gasteiger charge is -2.43. The normalized spacial score (nSPS) is 20.1. The van der Waals surface area contributed by atoms with E-state index in [0.29, 0.717) is 24.1 Å². The van der Waals surface area contributed by atoms with Gasteiger partial charge in [0, 0.05) is 66.3 Å². The van der Waals surface area contributed by atoms with Crippen LogP contribution in [0.3, 0.4) is 0 Å². The summed E-state index contributed by atoms with van der Waals surface area (Å²) < 4.78 is 20.6. The van der Waals surface area contributed by atoms with Crippen molar-refractivity contribution in [2.24, 2.45) is 0 Å². The first-order valence-electron chi connectivity index (χ1n) is 11.9. The molecule has 1 aromatic carbocycles. The second kappa shape index (κ2) is 8.87. The zero-order valence-corrected chi connectivity index (χ0v) is 19.5. The molecule has 2 saturated heterocycles. The van der Waals surface area contributed by atoms with Crippen molar-refractivity contribution in [1.29, 1.82) is 0 Å². The first-order valence-corrected chi connectivity index (χ1v) is 11.9. The van der Waals surface area contributed by atoms with Crippen molar-refractivity contribution in [3.8, 4) is 22.3 Å². The Kier molecular flexibility index (Phi) is 5.54. The summed E-state index contributed by atoms with van der Waals surface area (Å²) in [5, 5.41) is 4.48. The fraction of sp³-hybridized carbons (Fsp3) is 0.296. The first kappa shape index (κ1) is 21.9. The van der Waals surface area contributed by atoms with Gasteiger partial charge in [-0.1, -0.05) is 6.07 Å². The predicted octanol–water partition coefficient (Wildman–Crippen LogP) is 3.96.